The molecule has 0 saturated carbocycles. The van der Waals surface area contributed by atoms with Crippen molar-refractivity contribution in [2.75, 3.05) is 0 Å². The lowest BCUT2D eigenvalue weighted by atomic mass is 10.2. The van der Waals surface area contributed by atoms with Crippen LogP contribution in [0.5, 0.6) is 0 Å². The predicted octanol–water partition coefficient (Wildman–Crippen LogP) is 2.27. The maximum absolute atomic E-state index is 10.2. The molecule has 10 heavy (non-hydrogen) atoms. The molecule has 1 nitrogen and oxygen atoms in total. The van der Waals surface area contributed by atoms with Crippen LogP contribution in [0.1, 0.15) is 9.49 Å². The van der Waals surface area contributed by atoms with Crippen molar-refractivity contribution in [1.29, 1.82) is 0 Å². The summed E-state index contributed by atoms with van der Waals surface area (Å²) in [5.41, 5.74) is 1.01. The average Bonchev–Trinajstić information content (AvgIpc) is 2.05. The summed E-state index contributed by atoms with van der Waals surface area (Å²) in [5.74, 6) is 0. The number of carbonyl (C=O) groups excluding carboxylic acids is 1. The molecule has 0 aliphatic heterocycles. The summed E-state index contributed by atoms with van der Waals surface area (Å²) >= 11 is 2.05. The molecule has 0 fully saturated rings. The van der Waals surface area contributed by atoms with E-state index in [4.69, 9.17) is 0 Å². The molecule has 1 rings (SSSR count). The second kappa shape index (κ2) is 3.71. The smallest absolute Gasteiger partial charge is 0.217 e. The van der Waals surface area contributed by atoms with Crippen LogP contribution >= 0.6 is 22.6 Å². The molecule has 2 heteroatoms. The molecule has 0 spiro atoms. The van der Waals surface area contributed by atoms with Crippen LogP contribution in [-0.2, 0) is 4.79 Å². The Bertz CT molecular complexity index is 208. The van der Waals surface area contributed by atoms with Crippen LogP contribution in [0.3, 0.4) is 0 Å². The standard InChI is InChI=1S/C8H6IO/c9-8(6-10)7-4-2-1-3-5-7/h1-5,8H. The number of halogens is 1. The molecule has 0 bridgehead atoms. The Balaban J connectivity index is 2.84. The van der Waals surface area contributed by atoms with Gasteiger partial charge in [0.05, 0.1) is 0 Å². The first-order chi connectivity index (χ1) is 4.84. The fraction of sp³-hybridized carbons (Fsp3) is 0.125. The van der Waals surface area contributed by atoms with Crippen molar-refractivity contribution >= 4 is 28.9 Å². The summed E-state index contributed by atoms with van der Waals surface area (Å²) in [4.78, 5) is 10.2. The lowest BCUT2D eigenvalue weighted by molar-refractivity contribution is 0.555. The van der Waals surface area contributed by atoms with Gasteiger partial charge in [0, 0.05) is 0 Å². The third-order valence-corrected chi connectivity index (χ3v) is 2.17. The minimum atomic E-state index is -0.126. The Hall–Kier alpha value is -0.380. The van der Waals surface area contributed by atoms with Gasteiger partial charge in [-0.05, 0) is 5.56 Å². The van der Waals surface area contributed by atoms with Crippen molar-refractivity contribution < 1.29 is 4.79 Å². The largest absolute Gasteiger partial charge is 0.289 e. The lowest BCUT2D eigenvalue weighted by Crippen LogP contribution is -1.87. The predicted molar refractivity (Wildman–Crippen MR) is 48.9 cm³/mol. The topological polar surface area (TPSA) is 17.1 Å². The molecule has 0 aromatic heterocycles. The van der Waals surface area contributed by atoms with Crippen molar-refractivity contribution in [3.8, 4) is 0 Å². The highest BCUT2D eigenvalue weighted by Gasteiger charge is 2.03. The van der Waals surface area contributed by atoms with E-state index >= 15 is 0 Å². The third-order valence-electron chi connectivity index (χ3n) is 1.20. The van der Waals surface area contributed by atoms with Crippen molar-refractivity contribution in [2.24, 2.45) is 0 Å². The fourth-order valence-corrected chi connectivity index (χ4v) is 1.11. The molecule has 0 aliphatic carbocycles. The Morgan fingerprint density at radius 2 is 1.90 bits per heavy atom. The van der Waals surface area contributed by atoms with Crippen LogP contribution in [0.2, 0.25) is 0 Å². The van der Waals surface area contributed by atoms with E-state index < -0.39 is 0 Å². The Morgan fingerprint density at radius 1 is 1.30 bits per heavy atom. The second-order valence-corrected chi connectivity index (χ2v) is 3.14. The van der Waals surface area contributed by atoms with E-state index in [0.29, 0.717) is 0 Å². The van der Waals surface area contributed by atoms with E-state index in [-0.39, 0.29) is 3.92 Å². The summed E-state index contributed by atoms with van der Waals surface area (Å²) in [6, 6.07) is 9.60. The summed E-state index contributed by atoms with van der Waals surface area (Å²) in [6.07, 6.45) is 1.92. The minimum absolute atomic E-state index is 0.126. The number of hydrogen-bond acceptors (Lipinski definition) is 1. The number of alkyl halides is 1. The zero-order valence-electron chi connectivity index (χ0n) is 5.25. The van der Waals surface area contributed by atoms with Crippen LogP contribution in [0, 0.1) is 0 Å². The monoisotopic (exact) mass is 245 g/mol. The fourth-order valence-electron chi connectivity index (χ4n) is 0.690. The van der Waals surface area contributed by atoms with Crippen LogP contribution in [0.15, 0.2) is 30.3 Å². The summed E-state index contributed by atoms with van der Waals surface area (Å²) in [5, 5.41) is 0. The first-order valence-electron chi connectivity index (χ1n) is 2.91. The number of benzene rings is 1. The van der Waals surface area contributed by atoms with Crippen LogP contribution in [0.25, 0.3) is 0 Å². The summed E-state index contributed by atoms with van der Waals surface area (Å²) in [6.45, 7) is 0. The lowest BCUT2D eigenvalue weighted by Gasteiger charge is -1.97. The van der Waals surface area contributed by atoms with Crippen LogP contribution in [0.4, 0.5) is 0 Å². The van der Waals surface area contributed by atoms with Gasteiger partial charge in [-0.2, -0.15) is 0 Å². The van der Waals surface area contributed by atoms with Gasteiger partial charge in [0.25, 0.3) is 0 Å². The molecule has 0 saturated heterocycles. The van der Waals surface area contributed by atoms with E-state index in [9.17, 15) is 4.79 Å². The van der Waals surface area contributed by atoms with Gasteiger partial charge >= 0.3 is 0 Å². The zero-order chi connectivity index (χ0) is 7.40. The normalized spacial score (nSPS) is 12.5. The number of rotatable bonds is 2. The molecule has 1 radical (unpaired) electrons. The molecule has 0 amide bonds. The van der Waals surface area contributed by atoms with Gasteiger partial charge in [0.15, 0.2) is 0 Å². The van der Waals surface area contributed by atoms with Gasteiger partial charge in [0.1, 0.15) is 3.92 Å². The van der Waals surface area contributed by atoms with E-state index in [1.165, 1.54) is 0 Å². The van der Waals surface area contributed by atoms with E-state index in [1.807, 2.05) is 59.2 Å². The van der Waals surface area contributed by atoms with E-state index in [1.54, 1.807) is 0 Å². The van der Waals surface area contributed by atoms with Crippen LogP contribution in [-0.4, -0.2) is 6.29 Å². The van der Waals surface area contributed by atoms with E-state index in [0.717, 1.165) is 5.56 Å². The SMILES string of the molecule is O=[C]C(I)c1ccccc1. The molecule has 1 aromatic carbocycles. The molecule has 0 heterocycles. The van der Waals surface area contributed by atoms with Gasteiger partial charge in [-0.15, -0.1) is 0 Å². The van der Waals surface area contributed by atoms with Gasteiger partial charge in [-0.25, -0.2) is 0 Å². The molecule has 0 N–H and O–H groups in total. The molecule has 0 aliphatic rings. The van der Waals surface area contributed by atoms with Crippen molar-refractivity contribution in [3.05, 3.63) is 35.9 Å². The van der Waals surface area contributed by atoms with Gasteiger partial charge in [-0.3, -0.25) is 4.79 Å². The summed E-state index contributed by atoms with van der Waals surface area (Å²) < 4.78 is -0.126. The molecule has 51 valence electrons. The summed E-state index contributed by atoms with van der Waals surface area (Å²) in [7, 11) is 0. The molecule has 1 unspecified atom stereocenters. The highest BCUT2D eigenvalue weighted by Crippen LogP contribution is 2.19. The average molecular weight is 245 g/mol. The van der Waals surface area contributed by atoms with Gasteiger partial charge in [0.2, 0.25) is 6.29 Å². The Morgan fingerprint density at radius 3 is 2.40 bits per heavy atom. The van der Waals surface area contributed by atoms with Crippen molar-refractivity contribution in [3.63, 3.8) is 0 Å². The molecule has 1 aromatic rings. The number of hydrogen-bond donors (Lipinski definition) is 0. The van der Waals surface area contributed by atoms with Crippen molar-refractivity contribution in [2.45, 2.75) is 3.92 Å². The molecule has 1 atom stereocenters. The van der Waals surface area contributed by atoms with Gasteiger partial charge < -0.3 is 0 Å². The first-order valence-corrected chi connectivity index (χ1v) is 4.16. The quantitative estimate of drug-likeness (QED) is 0.577. The van der Waals surface area contributed by atoms with Crippen molar-refractivity contribution in [1.82, 2.24) is 0 Å². The highest BCUT2D eigenvalue weighted by molar-refractivity contribution is 14.1. The Labute approximate surface area is 73.6 Å². The third kappa shape index (κ3) is 1.80. The highest BCUT2D eigenvalue weighted by atomic mass is 127. The molecular weight excluding hydrogens is 239 g/mol. The Kier molecular flexibility index (Phi) is 2.86. The maximum atomic E-state index is 10.2. The van der Waals surface area contributed by atoms with E-state index in [2.05, 4.69) is 0 Å². The zero-order valence-corrected chi connectivity index (χ0v) is 7.41. The minimum Gasteiger partial charge on any atom is -0.289 e. The maximum Gasteiger partial charge on any atom is 0.217 e. The first kappa shape index (κ1) is 7.72. The second-order valence-electron chi connectivity index (χ2n) is 1.89. The molecular formula is C8H6IO. The van der Waals surface area contributed by atoms with Gasteiger partial charge in [-0.1, -0.05) is 52.9 Å². The van der Waals surface area contributed by atoms with Crippen LogP contribution < -0.4 is 0 Å².